The molecule has 0 radical (unpaired) electrons. The van der Waals surface area contributed by atoms with Crippen molar-refractivity contribution in [3.63, 3.8) is 0 Å². The Kier molecular flexibility index (Phi) is 3.14. The highest BCUT2D eigenvalue weighted by Crippen LogP contribution is 2.22. The number of aromatic nitrogens is 1. The van der Waals surface area contributed by atoms with E-state index in [4.69, 9.17) is 0 Å². The number of nitrogens with zero attached hydrogens (tertiary/aromatic N) is 2. The van der Waals surface area contributed by atoms with Crippen molar-refractivity contribution in [3.8, 4) is 0 Å². The lowest BCUT2D eigenvalue weighted by Gasteiger charge is -2.09. The molecule has 1 unspecified atom stereocenters. The Morgan fingerprint density at radius 3 is 2.41 bits per heavy atom. The number of carbonyl (C=O) groups excluding carboxylic acids is 1. The van der Waals surface area contributed by atoms with Gasteiger partial charge in [-0.1, -0.05) is 35.5 Å². The first-order chi connectivity index (χ1) is 8.24. The number of aryl methyl sites for hydroxylation is 1. The second-order valence-corrected chi connectivity index (χ2v) is 3.78. The monoisotopic (exact) mass is 228 g/mol. The molecule has 0 aliphatic rings. The quantitative estimate of drug-likeness (QED) is 0.596. The lowest BCUT2D eigenvalue weighted by molar-refractivity contribution is 0.0959. The highest BCUT2D eigenvalue weighted by atomic mass is 16.3. The molecule has 1 heterocycles. The molecule has 0 saturated heterocycles. The van der Waals surface area contributed by atoms with Gasteiger partial charge in [0, 0.05) is 18.8 Å². The molecular formula is C13H12N2O2. The Labute approximate surface area is 98.9 Å². The molecule has 0 spiro atoms. The van der Waals surface area contributed by atoms with Crippen molar-refractivity contribution < 1.29 is 4.79 Å². The van der Waals surface area contributed by atoms with Gasteiger partial charge in [-0.15, -0.1) is 4.91 Å². The van der Waals surface area contributed by atoms with Crippen LogP contribution < -0.4 is 0 Å². The van der Waals surface area contributed by atoms with Gasteiger partial charge in [-0.25, -0.2) is 0 Å². The number of nitroso groups, excluding NO2 is 1. The summed E-state index contributed by atoms with van der Waals surface area (Å²) in [6.07, 6.45) is 1.78. The molecule has 0 aliphatic carbocycles. The molecule has 4 nitrogen and oxygen atoms in total. The number of hydrogen-bond donors (Lipinski definition) is 0. The van der Waals surface area contributed by atoms with Crippen LogP contribution in [0.4, 0.5) is 0 Å². The predicted octanol–water partition coefficient (Wildman–Crippen LogP) is 2.72. The van der Waals surface area contributed by atoms with Crippen molar-refractivity contribution in [2.24, 2.45) is 12.2 Å². The van der Waals surface area contributed by atoms with Crippen LogP contribution in [0.15, 0.2) is 53.8 Å². The number of ketones is 1. The summed E-state index contributed by atoms with van der Waals surface area (Å²) in [7, 11) is 1.78. The second-order valence-electron chi connectivity index (χ2n) is 3.78. The van der Waals surface area contributed by atoms with Crippen LogP contribution >= 0.6 is 0 Å². The fraction of sp³-hybridized carbons (Fsp3) is 0.154. The van der Waals surface area contributed by atoms with Gasteiger partial charge in [-0.3, -0.25) is 4.79 Å². The second kappa shape index (κ2) is 4.74. The van der Waals surface area contributed by atoms with Crippen LogP contribution in [-0.4, -0.2) is 10.4 Å². The Morgan fingerprint density at radius 2 is 1.88 bits per heavy atom. The third-order valence-electron chi connectivity index (χ3n) is 2.68. The van der Waals surface area contributed by atoms with Crippen molar-refractivity contribution in [2.45, 2.75) is 6.04 Å². The molecule has 86 valence electrons. The summed E-state index contributed by atoms with van der Waals surface area (Å²) < 4.78 is 1.73. The van der Waals surface area contributed by atoms with Gasteiger partial charge in [0.1, 0.15) is 0 Å². The summed E-state index contributed by atoms with van der Waals surface area (Å²) in [5.74, 6) is -0.276. The van der Waals surface area contributed by atoms with Crippen molar-refractivity contribution in [2.75, 3.05) is 0 Å². The van der Waals surface area contributed by atoms with Gasteiger partial charge in [-0.2, -0.15) is 0 Å². The molecule has 4 heteroatoms. The molecule has 17 heavy (non-hydrogen) atoms. The van der Waals surface area contributed by atoms with Crippen molar-refractivity contribution in [1.82, 2.24) is 4.57 Å². The van der Waals surface area contributed by atoms with Crippen molar-refractivity contribution >= 4 is 5.78 Å². The molecule has 0 N–H and O–H groups in total. The standard InChI is InChI=1S/C13H12N2O2/c1-15-9-5-8-11(15)12(14-17)13(16)10-6-3-2-4-7-10/h2-9,12H,1H3. The topological polar surface area (TPSA) is 51.4 Å². The Balaban J connectivity index is 2.35. The van der Waals surface area contributed by atoms with E-state index >= 15 is 0 Å². The van der Waals surface area contributed by atoms with Crippen LogP contribution in [0.5, 0.6) is 0 Å². The SMILES string of the molecule is Cn1cccc1C(N=O)C(=O)c1ccccc1. The molecule has 0 fully saturated rings. The molecule has 0 aliphatic heterocycles. The van der Waals surface area contributed by atoms with Crippen LogP contribution in [0.1, 0.15) is 22.1 Å². The zero-order valence-electron chi connectivity index (χ0n) is 9.41. The first-order valence-electron chi connectivity index (χ1n) is 5.27. The molecule has 1 aromatic carbocycles. The van der Waals surface area contributed by atoms with E-state index in [1.54, 1.807) is 54.2 Å². The van der Waals surface area contributed by atoms with E-state index in [1.165, 1.54) is 0 Å². The first kappa shape index (κ1) is 11.3. The molecular weight excluding hydrogens is 216 g/mol. The van der Waals surface area contributed by atoms with E-state index in [0.29, 0.717) is 11.3 Å². The van der Waals surface area contributed by atoms with Gasteiger partial charge < -0.3 is 4.57 Å². The van der Waals surface area contributed by atoms with Crippen LogP contribution in [0, 0.1) is 4.91 Å². The summed E-state index contributed by atoms with van der Waals surface area (Å²) in [5.41, 5.74) is 1.10. The lowest BCUT2D eigenvalue weighted by Crippen LogP contribution is -2.13. The number of carbonyl (C=O) groups is 1. The number of hydrogen-bond acceptors (Lipinski definition) is 3. The van der Waals surface area contributed by atoms with Crippen molar-refractivity contribution in [3.05, 3.63) is 64.8 Å². The summed E-state index contributed by atoms with van der Waals surface area (Å²) in [4.78, 5) is 23.0. The highest BCUT2D eigenvalue weighted by molar-refractivity contribution is 6.00. The van der Waals surface area contributed by atoms with E-state index in [0.717, 1.165) is 0 Å². The fourth-order valence-corrected chi connectivity index (χ4v) is 1.75. The zero-order chi connectivity index (χ0) is 12.3. The normalized spacial score (nSPS) is 12.1. The first-order valence-corrected chi connectivity index (χ1v) is 5.27. The maximum atomic E-state index is 12.1. The smallest absolute Gasteiger partial charge is 0.197 e. The largest absolute Gasteiger partial charge is 0.352 e. The van der Waals surface area contributed by atoms with E-state index in [1.807, 2.05) is 6.07 Å². The molecule has 2 rings (SSSR count). The molecule has 1 aromatic heterocycles. The average Bonchev–Trinajstić information content (AvgIpc) is 2.78. The summed E-state index contributed by atoms with van der Waals surface area (Å²) >= 11 is 0. The van der Waals surface area contributed by atoms with E-state index in [2.05, 4.69) is 5.18 Å². The van der Waals surface area contributed by atoms with Gasteiger partial charge in [0.2, 0.25) is 0 Å². The van der Waals surface area contributed by atoms with Crippen LogP contribution in [0.25, 0.3) is 0 Å². The fourth-order valence-electron chi connectivity index (χ4n) is 1.75. The van der Waals surface area contributed by atoms with Crippen LogP contribution in [0.2, 0.25) is 0 Å². The third-order valence-corrected chi connectivity index (χ3v) is 2.68. The molecule has 1 atom stereocenters. The van der Waals surface area contributed by atoms with Gasteiger partial charge in [0.15, 0.2) is 11.8 Å². The predicted molar refractivity (Wildman–Crippen MR) is 64.7 cm³/mol. The summed E-state index contributed by atoms with van der Waals surface area (Å²) in [6, 6.07) is 11.3. The molecule has 0 saturated carbocycles. The maximum Gasteiger partial charge on any atom is 0.197 e. The molecule has 0 bridgehead atoms. The zero-order valence-corrected chi connectivity index (χ0v) is 9.41. The highest BCUT2D eigenvalue weighted by Gasteiger charge is 2.24. The lowest BCUT2D eigenvalue weighted by atomic mass is 10.0. The third kappa shape index (κ3) is 2.15. The van der Waals surface area contributed by atoms with E-state index in [-0.39, 0.29) is 5.78 Å². The van der Waals surface area contributed by atoms with Crippen LogP contribution in [0.3, 0.4) is 0 Å². The minimum atomic E-state index is -0.975. The summed E-state index contributed by atoms with van der Waals surface area (Å²) in [5, 5.41) is 2.95. The maximum absolute atomic E-state index is 12.1. The minimum absolute atomic E-state index is 0.276. The molecule has 0 amide bonds. The van der Waals surface area contributed by atoms with Crippen LogP contribution in [-0.2, 0) is 7.05 Å². The van der Waals surface area contributed by atoms with E-state index in [9.17, 15) is 9.70 Å². The number of rotatable bonds is 4. The average molecular weight is 228 g/mol. The van der Waals surface area contributed by atoms with Gasteiger partial charge in [0.05, 0.1) is 5.69 Å². The van der Waals surface area contributed by atoms with Gasteiger partial charge >= 0.3 is 0 Å². The Hall–Kier alpha value is -2.23. The number of Topliss-reactive ketones (excluding diaryl/α,β-unsaturated/α-hetero) is 1. The number of benzene rings is 1. The molecule has 2 aromatic rings. The summed E-state index contributed by atoms with van der Waals surface area (Å²) in [6.45, 7) is 0. The van der Waals surface area contributed by atoms with Gasteiger partial charge in [0.25, 0.3) is 0 Å². The van der Waals surface area contributed by atoms with Gasteiger partial charge in [-0.05, 0) is 12.1 Å². The Bertz CT molecular complexity index is 531. The minimum Gasteiger partial charge on any atom is -0.352 e. The van der Waals surface area contributed by atoms with E-state index < -0.39 is 6.04 Å². The Morgan fingerprint density at radius 1 is 1.18 bits per heavy atom. The van der Waals surface area contributed by atoms with Crippen molar-refractivity contribution in [1.29, 1.82) is 0 Å².